The van der Waals surface area contributed by atoms with E-state index in [1.807, 2.05) is 11.0 Å². The number of thiophene rings is 1. The van der Waals surface area contributed by atoms with E-state index in [0.29, 0.717) is 30.4 Å². The molecule has 0 aliphatic carbocycles. The van der Waals surface area contributed by atoms with Crippen LogP contribution in [0.25, 0.3) is 0 Å². The molecule has 8 heteroatoms. The second kappa shape index (κ2) is 6.98. The number of piperidine rings is 1. The standard InChI is InChI=1S/C17H27N3O3S2/c1-17(2,3)14-6-7-16(24-14)25(22,23)19-9-4-5-13(12-19)20-10-8-18-11-15(20)21/h6-7,13,18H,4-5,8-12H2,1-3H3. The van der Waals surface area contributed by atoms with Crippen LogP contribution in [0.2, 0.25) is 0 Å². The molecule has 1 unspecified atom stereocenters. The van der Waals surface area contributed by atoms with Gasteiger partial charge >= 0.3 is 0 Å². The zero-order valence-corrected chi connectivity index (χ0v) is 16.8. The number of hydrogen-bond acceptors (Lipinski definition) is 5. The summed E-state index contributed by atoms with van der Waals surface area (Å²) >= 11 is 1.36. The molecule has 25 heavy (non-hydrogen) atoms. The van der Waals surface area contributed by atoms with E-state index in [9.17, 15) is 13.2 Å². The lowest BCUT2D eigenvalue weighted by atomic mass is 9.95. The fourth-order valence-corrected chi connectivity index (χ4v) is 6.42. The van der Waals surface area contributed by atoms with E-state index in [1.54, 1.807) is 10.4 Å². The van der Waals surface area contributed by atoms with Gasteiger partial charge in [0.1, 0.15) is 4.21 Å². The molecule has 6 nitrogen and oxygen atoms in total. The highest BCUT2D eigenvalue weighted by atomic mass is 32.2. The molecule has 0 spiro atoms. The van der Waals surface area contributed by atoms with Gasteiger partial charge < -0.3 is 10.2 Å². The summed E-state index contributed by atoms with van der Waals surface area (Å²) in [5.41, 5.74) is -0.0594. The van der Waals surface area contributed by atoms with Crippen molar-refractivity contribution in [1.82, 2.24) is 14.5 Å². The summed E-state index contributed by atoms with van der Waals surface area (Å²) in [6.45, 7) is 8.97. The summed E-state index contributed by atoms with van der Waals surface area (Å²) in [5.74, 6) is 0.0710. The Morgan fingerprint density at radius 3 is 2.64 bits per heavy atom. The average Bonchev–Trinajstić information content (AvgIpc) is 3.06. The summed E-state index contributed by atoms with van der Waals surface area (Å²) in [6.07, 6.45) is 1.66. The molecule has 0 saturated carbocycles. The van der Waals surface area contributed by atoms with Crippen molar-refractivity contribution in [1.29, 1.82) is 0 Å². The second-order valence-electron chi connectivity index (χ2n) is 7.79. The number of nitrogens with one attached hydrogen (secondary N) is 1. The molecule has 1 amide bonds. The van der Waals surface area contributed by atoms with Gasteiger partial charge in [0.25, 0.3) is 10.0 Å². The van der Waals surface area contributed by atoms with Gasteiger partial charge in [0.15, 0.2) is 0 Å². The van der Waals surface area contributed by atoms with E-state index in [1.165, 1.54) is 11.3 Å². The molecule has 2 saturated heterocycles. The predicted octanol–water partition coefficient (Wildman–Crippen LogP) is 1.63. The van der Waals surface area contributed by atoms with Crippen LogP contribution in [-0.4, -0.2) is 62.3 Å². The predicted molar refractivity (Wildman–Crippen MR) is 99.4 cm³/mol. The van der Waals surface area contributed by atoms with Crippen molar-refractivity contribution in [3.05, 3.63) is 17.0 Å². The Bertz CT molecular complexity index is 737. The molecular formula is C17H27N3O3S2. The highest BCUT2D eigenvalue weighted by Gasteiger charge is 2.36. The fourth-order valence-electron chi connectivity index (χ4n) is 3.39. The highest BCUT2D eigenvalue weighted by molar-refractivity contribution is 7.91. The molecule has 1 aromatic rings. The van der Waals surface area contributed by atoms with Gasteiger partial charge in [-0.15, -0.1) is 11.3 Å². The first-order valence-corrected chi connectivity index (χ1v) is 11.1. The molecule has 1 aromatic heterocycles. The zero-order valence-electron chi connectivity index (χ0n) is 15.1. The maximum Gasteiger partial charge on any atom is 0.252 e. The van der Waals surface area contributed by atoms with Crippen molar-refractivity contribution >= 4 is 27.3 Å². The number of sulfonamides is 1. The van der Waals surface area contributed by atoms with Gasteiger partial charge in [-0.1, -0.05) is 20.8 Å². The maximum absolute atomic E-state index is 13.1. The SMILES string of the molecule is CC(C)(C)c1ccc(S(=O)(=O)N2CCCC(N3CCNCC3=O)C2)s1. The molecule has 0 radical (unpaired) electrons. The van der Waals surface area contributed by atoms with Crippen LogP contribution in [0.3, 0.4) is 0 Å². The van der Waals surface area contributed by atoms with Gasteiger partial charge in [-0.2, -0.15) is 4.31 Å². The van der Waals surface area contributed by atoms with Crippen molar-refractivity contribution in [3.8, 4) is 0 Å². The molecule has 3 heterocycles. The van der Waals surface area contributed by atoms with Crippen molar-refractivity contribution in [2.24, 2.45) is 0 Å². The summed E-state index contributed by atoms with van der Waals surface area (Å²) < 4.78 is 28.1. The summed E-state index contributed by atoms with van der Waals surface area (Å²) in [7, 11) is -3.49. The largest absolute Gasteiger partial charge is 0.336 e. The van der Waals surface area contributed by atoms with Gasteiger partial charge in [-0.3, -0.25) is 4.79 Å². The van der Waals surface area contributed by atoms with Gasteiger partial charge in [0.05, 0.1) is 6.54 Å². The van der Waals surface area contributed by atoms with E-state index in [4.69, 9.17) is 0 Å². The average molecular weight is 386 g/mol. The van der Waals surface area contributed by atoms with E-state index in [2.05, 4.69) is 26.1 Å². The first-order valence-electron chi connectivity index (χ1n) is 8.80. The number of nitrogens with zero attached hydrogens (tertiary/aromatic N) is 2. The van der Waals surface area contributed by atoms with E-state index < -0.39 is 10.0 Å². The fraction of sp³-hybridized carbons (Fsp3) is 0.706. The molecule has 1 N–H and O–H groups in total. The van der Waals surface area contributed by atoms with Crippen molar-refractivity contribution < 1.29 is 13.2 Å². The molecular weight excluding hydrogens is 358 g/mol. The molecule has 0 bridgehead atoms. The minimum Gasteiger partial charge on any atom is -0.336 e. The van der Waals surface area contributed by atoms with E-state index in [0.717, 1.165) is 24.3 Å². The number of rotatable bonds is 3. The van der Waals surface area contributed by atoms with Gasteiger partial charge in [-0.05, 0) is 30.4 Å². The topological polar surface area (TPSA) is 69.7 Å². The van der Waals surface area contributed by atoms with Crippen LogP contribution in [0.4, 0.5) is 0 Å². The summed E-state index contributed by atoms with van der Waals surface area (Å²) in [5, 5.41) is 3.07. The smallest absolute Gasteiger partial charge is 0.252 e. The Kier molecular flexibility index (Phi) is 5.26. The van der Waals surface area contributed by atoms with Crippen LogP contribution in [0, 0.1) is 0 Å². The normalized spacial score (nSPS) is 23.9. The Balaban J connectivity index is 1.78. The van der Waals surface area contributed by atoms with Crippen molar-refractivity contribution in [2.45, 2.75) is 49.3 Å². The number of amides is 1. The third-order valence-corrected chi connectivity index (χ3v) is 8.68. The Hall–Kier alpha value is -0.960. The number of piperazine rings is 1. The lowest BCUT2D eigenvalue weighted by molar-refractivity contribution is -0.135. The van der Waals surface area contributed by atoms with Crippen molar-refractivity contribution in [2.75, 3.05) is 32.7 Å². The molecule has 2 aliphatic rings. The third-order valence-electron chi connectivity index (χ3n) is 4.84. The van der Waals surface area contributed by atoms with E-state index >= 15 is 0 Å². The third kappa shape index (κ3) is 3.92. The lowest BCUT2D eigenvalue weighted by Crippen LogP contribution is -2.57. The minimum absolute atomic E-state index is 0.0137. The first-order chi connectivity index (χ1) is 11.7. The molecule has 1 atom stereocenters. The minimum atomic E-state index is -3.49. The lowest BCUT2D eigenvalue weighted by Gasteiger charge is -2.40. The molecule has 0 aromatic carbocycles. The maximum atomic E-state index is 13.1. The molecule has 2 aliphatic heterocycles. The Morgan fingerprint density at radius 1 is 1.24 bits per heavy atom. The number of hydrogen-bond donors (Lipinski definition) is 1. The molecule has 3 rings (SSSR count). The second-order valence-corrected chi connectivity index (χ2v) is 11.0. The van der Waals surface area contributed by atoms with Crippen molar-refractivity contribution in [3.63, 3.8) is 0 Å². The Labute approximate surface area is 154 Å². The molecule has 2 fully saturated rings. The van der Waals surface area contributed by atoms with Crippen LogP contribution in [0.5, 0.6) is 0 Å². The quantitative estimate of drug-likeness (QED) is 0.859. The summed E-state index contributed by atoms with van der Waals surface area (Å²) in [6, 6.07) is 3.62. The summed E-state index contributed by atoms with van der Waals surface area (Å²) in [4.78, 5) is 15.1. The van der Waals surface area contributed by atoms with Crippen LogP contribution in [-0.2, 0) is 20.2 Å². The van der Waals surface area contributed by atoms with Gasteiger partial charge in [-0.25, -0.2) is 8.42 Å². The monoisotopic (exact) mass is 385 g/mol. The van der Waals surface area contributed by atoms with Crippen LogP contribution in [0.1, 0.15) is 38.5 Å². The van der Waals surface area contributed by atoms with Gasteiger partial charge in [0.2, 0.25) is 5.91 Å². The van der Waals surface area contributed by atoms with Gasteiger partial charge in [0, 0.05) is 37.1 Å². The highest BCUT2D eigenvalue weighted by Crippen LogP contribution is 2.34. The van der Waals surface area contributed by atoms with Crippen LogP contribution >= 0.6 is 11.3 Å². The number of carbonyl (C=O) groups excluding carboxylic acids is 1. The van der Waals surface area contributed by atoms with Crippen LogP contribution < -0.4 is 5.32 Å². The van der Waals surface area contributed by atoms with E-state index in [-0.39, 0.29) is 17.4 Å². The zero-order chi connectivity index (χ0) is 18.2. The molecule has 140 valence electrons. The Morgan fingerprint density at radius 2 is 2.00 bits per heavy atom. The van der Waals surface area contributed by atoms with Crippen LogP contribution in [0.15, 0.2) is 16.3 Å². The first kappa shape index (κ1) is 18.8. The number of carbonyl (C=O) groups is 1.